The van der Waals surface area contributed by atoms with Gasteiger partial charge in [0.2, 0.25) is 0 Å². The molecule has 6 heteroatoms. The lowest BCUT2D eigenvalue weighted by molar-refractivity contribution is 0.0665. The van der Waals surface area contributed by atoms with Gasteiger partial charge >= 0.3 is 0 Å². The number of carbonyl (C=O) groups excluding carboxylic acids is 1. The molecule has 2 aromatic carbocycles. The monoisotopic (exact) mass is 417 g/mol. The molecule has 0 N–H and O–H groups in total. The number of nitrogens with zero attached hydrogens (tertiary/aromatic N) is 3. The Morgan fingerprint density at radius 2 is 1.77 bits per heavy atom. The lowest BCUT2D eigenvalue weighted by Gasteiger charge is -2.28. The first-order valence-electron chi connectivity index (χ1n) is 9.59. The largest absolute Gasteiger partial charge is 0.325 e. The first kappa shape index (κ1) is 19.9. The fourth-order valence-electron chi connectivity index (χ4n) is 3.19. The molecule has 1 unspecified atom stereocenters. The summed E-state index contributed by atoms with van der Waals surface area (Å²) < 4.78 is 13.2. The molecule has 0 spiro atoms. The number of rotatable bonds is 6. The van der Waals surface area contributed by atoms with E-state index in [0.717, 1.165) is 16.8 Å². The summed E-state index contributed by atoms with van der Waals surface area (Å²) in [5, 5.41) is 2.44. The van der Waals surface area contributed by atoms with Gasteiger partial charge in [0.25, 0.3) is 5.91 Å². The Kier molecular flexibility index (Phi) is 5.95. The number of thiazole rings is 1. The van der Waals surface area contributed by atoms with E-state index in [-0.39, 0.29) is 17.8 Å². The minimum absolute atomic E-state index is 0.165. The molecule has 4 rings (SSSR count). The number of pyridine rings is 1. The molecule has 0 aliphatic rings. The average Bonchev–Trinajstić information content (AvgIpc) is 3.29. The molecule has 0 saturated carbocycles. The number of aromatic nitrogens is 2. The van der Waals surface area contributed by atoms with Crippen molar-refractivity contribution in [1.29, 1.82) is 0 Å². The van der Waals surface area contributed by atoms with Crippen LogP contribution in [0.3, 0.4) is 0 Å². The van der Waals surface area contributed by atoms with E-state index >= 15 is 0 Å². The highest BCUT2D eigenvalue weighted by molar-refractivity contribution is 7.13. The molecule has 1 atom stereocenters. The molecule has 30 heavy (non-hydrogen) atoms. The van der Waals surface area contributed by atoms with Crippen molar-refractivity contribution in [2.75, 3.05) is 0 Å². The second-order valence-electron chi connectivity index (χ2n) is 6.89. The SMILES string of the molecule is CC(c1ccccn1)N(Cc1ccccc1)C(=O)c1csc(-c2ccc(F)cc2)n1. The van der Waals surface area contributed by atoms with Gasteiger partial charge in [-0.2, -0.15) is 0 Å². The van der Waals surface area contributed by atoms with Crippen molar-refractivity contribution in [3.8, 4) is 10.6 Å². The summed E-state index contributed by atoms with van der Waals surface area (Å²) in [7, 11) is 0. The van der Waals surface area contributed by atoms with Crippen LogP contribution in [0.2, 0.25) is 0 Å². The summed E-state index contributed by atoms with van der Waals surface area (Å²) in [5.41, 5.74) is 3.00. The predicted molar refractivity (Wildman–Crippen MR) is 116 cm³/mol. The quantitative estimate of drug-likeness (QED) is 0.401. The Labute approximate surface area is 178 Å². The zero-order valence-electron chi connectivity index (χ0n) is 16.4. The molecule has 2 aromatic heterocycles. The summed E-state index contributed by atoms with van der Waals surface area (Å²) in [6.45, 7) is 2.41. The lowest BCUT2D eigenvalue weighted by Crippen LogP contribution is -2.33. The maximum atomic E-state index is 13.4. The molecule has 0 fully saturated rings. The van der Waals surface area contributed by atoms with E-state index in [1.165, 1.54) is 23.5 Å². The third-order valence-corrected chi connectivity index (χ3v) is 5.75. The molecule has 0 aliphatic heterocycles. The third kappa shape index (κ3) is 4.44. The normalized spacial score (nSPS) is 11.8. The standard InChI is InChI=1S/C24H20FN3OS/c1-17(21-9-5-6-14-26-21)28(15-18-7-3-2-4-8-18)24(29)22-16-30-23(27-22)19-10-12-20(25)13-11-19/h2-14,16-17H,15H2,1H3. The van der Waals surface area contributed by atoms with Crippen LogP contribution in [0.1, 0.15) is 34.7 Å². The summed E-state index contributed by atoms with van der Waals surface area (Å²) in [4.78, 5) is 24.2. The third-order valence-electron chi connectivity index (χ3n) is 4.85. The van der Waals surface area contributed by atoms with Gasteiger partial charge in [0.1, 0.15) is 16.5 Å². The van der Waals surface area contributed by atoms with Crippen LogP contribution in [0.15, 0.2) is 84.4 Å². The molecule has 0 aliphatic carbocycles. The molecule has 4 nitrogen and oxygen atoms in total. The highest BCUT2D eigenvalue weighted by Crippen LogP contribution is 2.27. The van der Waals surface area contributed by atoms with Crippen molar-refractivity contribution in [2.24, 2.45) is 0 Å². The van der Waals surface area contributed by atoms with Crippen LogP contribution in [0, 0.1) is 5.82 Å². The fourth-order valence-corrected chi connectivity index (χ4v) is 3.99. The van der Waals surface area contributed by atoms with Gasteiger partial charge in [-0.05, 0) is 48.9 Å². The second-order valence-corrected chi connectivity index (χ2v) is 7.75. The molecule has 1 amide bonds. The number of hydrogen-bond acceptors (Lipinski definition) is 4. The van der Waals surface area contributed by atoms with Gasteiger partial charge in [-0.3, -0.25) is 9.78 Å². The van der Waals surface area contributed by atoms with E-state index in [9.17, 15) is 9.18 Å². The Morgan fingerprint density at radius 1 is 1.03 bits per heavy atom. The van der Waals surface area contributed by atoms with Crippen LogP contribution in [0.5, 0.6) is 0 Å². The average molecular weight is 418 g/mol. The van der Waals surface area contributed by atoms with E-state index in [1.807, 2.05) is 55.5 Å². The molecular weight excluding hydrogens is 397 g/mol. The van der Waals surface area contributed by atoms with Crippen molar-refractivity contribution in [2.45, 2.75) is 19.5 Å². The van der Waals surface area contributed by atoms with Crippen molar-refractivity contribution in [1.82, 2.24) is 14.9 Å². The van der Waals surface area contributed by atoms with Crippen LogP contribution in [0.4, 0.5) is 4.39 Å². The smallest absolute Gasteiger partial charge is 0.274 e. The van der Waals surface area contributed by atoms with Gasteiger partial charge in [-0.1, -0.05) is 36.4 Å². The van der Waals surface area contributed by atoms with Crippen LogP contribution < -0.4 is 0 Å². The first-order valence-corrected chi connectivity index (χ1v) is 10.5. The molecular formula is C24H20FN3OS. The number of halogens is 1. The van der Waals surface area contributed by atoms with Crippen LogP contribution in [-0.2, 0) is 6.54 Å². The van der Waals surface area contributed by atoms with Crippen molar-refractivity contribution in [3.05, 3.63) is 107 Å². The molecule has 150 valence electrons. The molecule has 4 aromatic rings. The second kappa shape index (κ2) is 8.97. The van der Waals surface area contributed by atoms with E-state index in [1.54, 1.807) is 28.6 Å². The number of carbonyl (C=O) groups is 1. The lowest BCUT2D eigenvalue weighted by atomic mass is 10.1. The topological polar surface area (TPSA) is 46.1 Å². The Hall–Kier alpha value is -3.38. The Balaban J connectivity index is 1.64. The van der Waals surface area contributed by atoms with Gasteiger partial charge in [-0.25, -0.2) is 9.37 Å². The zero-order valence-corrected chi connectivity index (χ0v) is 17.2. The van der Waals surface area contributed by atoms with Gasteiger partial charge in [0.15, 0.2) is 0 Å². The summed E-state index contributed by atoms with van der Waals surface area (Å²) in [5.74, 6) is -0.466. The molecule has 0 saturated heterocycles. The minimum atomic E-state index is -0.301. The highest BCUT2D eigenvalue weighted by atomic mass is 32.1. The number of hydrogen-bond donors (Lipinski definition) is 0. The summed E-state index contributed by atoms with van der Waals surface area (Å²) in [6.07, 6.45) is 1.73. The highest BCUT2D eigenvalue weighted by Gasteiger charge is 2.26. The fraction of sp³-hybridized carbons (Fsp3) is 0.125. The number of amides is 1. The van der Waals surface area contributed by atoms with Crippen LogP contribution >= 0.6 is 11.3 Å². The van der Waals surface area contributed by atoms with Gasteiger partial charge < -0.3 is 4.90 Å². The summed E-state index contributed by atoms with van der Waals surface area (Å²) in [6, 6.07) is 21.4. The van der Waals surface area contributed by atoms with E-state index in [4.69, 9.17) is 0 Å². The maximum absolute atomic E-state index is 13.4. The molecule has 0 bridgehead atoms. The summed E-state index contributed by atoms with van der Waals surface area (Å²) >= 11 is 1.37. The number of benzene rings is 2. The van der Waals surface area contributed by atoms with E-state index in [0.29, 0.717) is 17.2 Å². The molecule has 2 heterocycles. The van der Waals surface area contributed by atoms with Gasteiger partial charge in [0.05, 0.1) is 11.7 Å². The van der Waals surface area contributed by atoms with Gasteiger partial charge in [0, 0.05) is 23.7 Å². The van der Waals surface area contributed by atoms with Crippen molar-refractivity contribution < 1.29 is 9.18 Å². The van der Waals surface area contributed by atoms with Crippen molar-refractivity contribution in [3.63, 3.8) is 0 Å². The van der Waals surface area contributed by atoms with Crippen molar-refractivity contribution >= 4 is 17.2 Å². The minimum Gasteiger partial charge on any atom is -0.325 e. The van der Waals surface area contributed by atoms with E-state index in [2.05, 4.69) is 9.97 Å². The van der Waals surface area contributed by atoms with Crippen LogP contribution in [-0.4, -0.2) is 20.8 Å². The van der Waals surface area contributed by atoms with Gasteiger partial charge in [-0.15, -0.1) is 11.3 Å². The first-order chi connectivity index (χ1) is 14.6. The van der Waals surface area contributed by atoms with Crippen LogP contribution in [0.25, 0.3) is 10.6 Å². The molecule has 0 radical (unpaired) electrons. The predicted octanol–water partition coefficient (Wildman–Crippen LogP) is 5.75. The zero-order chi connectivity index (χ0) is 20.9. The van der Waals surface area contributed by atoms with E-state index < -0.39 is 0 Å². The maximum Gasteiger partial charge on any atom is 0.274 e. The Bertz CT molecular complexity index is 1110. The Morgan fingerprint density at radius 3 is 2.47 bits per heavy atom.